The monoisotopic (exact) mass is 373 g/mol. The number of carbonyl (C=O) groups is 1. The van der Waals surface area contributed by atoms with Gasteiger partial charge in [-0.15, -0.1) is 0 Å². The van der Waals surface area contributed by atoms with Crippen molar-refractivity contribution in [3.05, 3.63) is 35.4 Å². The molecule has 3 aliphatic rings. The van der Waals surface area contributed by atoms with Gasteiger partial charge < -0.3 is 20.5 Å². The van der Waals surface area contributed by atoms with E-state index in [2.05, 4.69) is 39.8 Å². The summed E-state index contributed by atoms with van der Waals surface area (Å²) in [4.78, 5) is 15.0. The SMILES string of the molecule is C[C@@]1(NC(=O)CN2CCc3ccccc3C2)CCOC2(CCNCC2)[C@H]1O. The minimum Gasteiger partial charge on any atom is -0.388 e. The van der Waals surface area contributed by atoms with E-state index in [1.807, 2.05) is 6.92 Å². The molecule has 27 heavy (non-hydrogen) atoms. The number of hydrogen-bond donors (Lipinski definition) is 3. The van der Waals surface area contributed by atoms with Crippen molar-refractivity contribution in [3.63, 3.8) is 0 Å². The van der Waals surface area contributed by atoms with E-state index in [9.17, 15) is 9.90 Å². The Morgan fingerprint density at radius 2 is 2.04 bits per heavy atom. The number of ether oxygens (including phenoxy) is 1. The smallest absolute Gasteiger partial charge is 0.234 e. The summed E-state index contributed by atoms with van der Waals surface area (Å²) < 4.78 is 6.03. The molecule has 3 N–H and O–H groups in total. The summed E-state index contributed by atoms with van der Waals surface area (Å²) in [5.41, 5.74) is 1.52. The molecule has 3 heterocycles. The van der Waals surface area contributed by atoms with Gasteiger partial charge in [0, 0.05) is 19.7 Å². The number of nitrogens with one attached hydrogen (secondary N) is 2. The van der Waals surface area contributed by atoms with Crippen LogP contribution < -0.4 is 10.6 Å². The Morgan fingerprint density at radius 3 is 2.81 bits per heavy atom. The Bertz CT molecular complexity index is 683. The lowest BCUT2D eigenvalue weighted by Gasteiger charge is -2.52. The Hall–Kier alpha value is -1.47. The number of carbonyl (C=O) groups excluding carboxylic acids is 1. The third kappa shape index (κ3) is 3.76. The molecule has 0 aliphatic carbocycles. The summed E-state index contributed by atoms with van der Waals surface area (Å²) in [5, 5.41) is 17.6. The lowest BCUT2D eigenvalue weighted by Crippen LogP contribution is -2.69. The summed E-state index contributed by atoms with van der Waals surface area (Å²) in [7, 11) is 0. The van der Waals surface area contributed by atoms with Crippen LogP contribution in [0, 0.1) is 0 Å². The fraction of sp³-hybridized carbons (Fsp3) is 0.667. The Balaban J connectivity index is 1.38. The predicted molar refractivity (Wildman–Crippen MR) is 103 cm³/mol. The molecule has 1 amide bonds. The third-order valence-electron chi connectivity index (χ3n) is 6.56. The molecule has 2 saturated heterocycles. The van der Waals surface area contributed by atoms with E-state index in [-0.39, 0.29) is 5.91 Å². The Labute approximate surface area is 161 Å². The van der Waals surface area contributed by atoms with Crippen molar-refractivity contribution in [2.24, 2.45) is 0 Å². The molecule has 0 aromatic heterocycles. The molecule has 148 valence electrons. The Kier molecular flexibility index (Phi) is 5.25. The van der Waals surface area contributed by atoms with Gasteiger partial charge in [-0.25, -0.2) is 0 Å². The fourth-order valence-electron chi connectivity index (χ4n) is 4.91. The van der Waals surface area contributed by atoms with Crippen LogP contribution in [0.15, 0.2) is 24.3 Å². The first-order chi connectivity index (χ1) is 13.0. The van der Waals surface area contributed by atoms with Crippen molar-refractivity contribution >= 4 is 5.91 Å². The standard InChI is InChI=1S/C21H31N3O3/c1-20(9-13-27-21(19(20)26)7-10-22-11-8-21)23-18(25)15-24-12-6-16-4-2-3-5-17(16)14-24/h2-5,19,22,26H,6-15H2,1H3,(H,23,25)/t19-,20+/m0/s1. The number of piperidine rings is 1. The van der Waals surface area contributed by atoms with E-state index in [1.54, 1.807) is 0 Å². The van der Waals surface area contributed by atoms with Gasteiger partial charge in [0.15, 0.2) is 0 Å². The number of aliphatic hydroxyl groups is 1. The molecule has 0 unspecified atom stereocenters. The molecule has 6 nitrogen and oxygen atoms in total. The molecule has 2 fully saturated rings. The van der Waals surface area contributed by atoms with Crippen LogP contribution in [0.25, 0.3) is 0 Å². The van der Waals surface area contributed by atoms with Crippen molar-refractivity contribution in [2.45, 2.75) is 56.4 Å². The highest BCUT2D eigenvalue weighted by atomic mass is 16.5. The van der Waals surface area contributed by atoms with Gasteiger partial charge in [0.25, 0.3) is 0 Å². The maximum atomic E-state index is 12.8. The summed E-state index contributed by atoms with van der Waals surface area (Å²) in [6, 6.07) is 8.44. The van der Waals surface area contributed by atoms with Gasteiger partial charge in [-0.3, -0.25) is 9.69 Å². The average Bonchev–Trinajstić information content (AvgIpc) is 2.67. The number of fused-ring (bicyclic) bond motifs is 1. The number of rotatable bonds is 3. The molecule has 0 saturated carbocycles. The van der Waals surface area contributed by atoms with Crippen LogP contribution in [0.3, 0.4) is 0 Å². The van der Waals surface area contributed by atoms with Gasteiger partial charge in [-0.1, -0.05) is 24.3 Å². The first kappa shape index (κ1) is 18.9. The number of hydrogen-bond acceptors (Lipinski definition) is 5. The second kappa shape index (κ2) is 7.51. The van der Waals surface area contributed by atoms with Crippen LogP contribution in [0.5, 0.6) is 0 Å². The molecular weight excluding hydrogens is 342 g/mol. The molecule has 6 heteroatoms. The molecule has 2 atom stereocenters. The van der Waals surface area contributed by atoms with Crippen LogP contribution in [-0.2, 0) is 22.5 Å². The van der Waals surface area contributed by atoms with Crippen LogP contribution in [0.1, 0.15) is 37.3 Å². The molecule has 0 radical (unpaired) electrons. The lowest BCUT2D eigenvalue weighted by molar-refractivity contribution is -0.200. The topological polar surface area (TPSA) is 73.8 Å². The van der Waals surface area contributed by atoms with E-state index in [0.29, 0.717) is 19.6 Å². The van der Waals surface area contributed by atoms with Gasteiger partial charge >= 0.3 is 0 Å². The van der Waals surface area contributed by atoms with Crippen LogP contribution >= 0.6 is 0 Å². The zero-order valence-corrected chi connectivity index (χ0v) is 16.2. The van der Waals surface area contributed by atoms with E-state index >= 15 is 0 Å². The Morgan fingerprint density at radius 1 is 1.30 bits per heavy atom. The minimum atomic E-state index is -0.688. The summed E-state index contributed by atoms with van der Waals surface area (Å²) in [6.45, 7) is 6.29. The average molecular weight is 373 g/mol. The van der Waals surface area contributed by atoms with Gasteiger partial charge in [0.1, 0.15) is 6.10 Å². The maximum absolute atomic E-state index is 12.8. The molecule has 1 spiro atoms. The zero-order chi connectivity index (χ0) is 18.9. The van der Waals surface area contributed by atoms with Crippen molar-refractivity contribution in [3.8, 4) is 0 Å². The fourth-order valence-corrected chi connectivity index (χ4v) is 4.91. The van der Waals surface area contributed by atoms with Gasteiger partial charge in [-0.2, -0.15) is 0 Å². The normalized spacial score (nSPS) is 30.7. The third-order valence-corrected chi connectivity index (χ3v) is 6.56. The highest BCUT2D eigenvalue weighted by molar-refractivity contribution is 5.79. The number of aliphatic hydroxyl groups excluding tert-OH is 1. The van der Waals surface area contributed by atoms with E-state index in [1.165, 1.54) is 11.1 Å². The van der Waals surface area contributed by atoms with Gasteiger partial charge in [-0.05, 0) is 56.8 Å². The van der Waals surface area contributed by atoms with Crippen LogP contribution in [-0.4, -0.2) is 65.9 Å². The van der Waals surface area contributed by atoms with Gasteiger partial charge in [0.05, 0.1) is 17.7 Å². The second-order valence-electron chi connectivity index (χ2n) is 8.51. The van der Waals surface area contributed by atoms with Crippen molar-refractivity contribution in [2.75, 3.05) is 32.8 Å². The molecular formula is C21H31N3O3. The lowest BCUT2D eigenvalue weighted by atomic mass is 9.73. The van der Waals surface area contributed by atoms with E-state index < -0.39 is 17.2 Å². The number of nitrogens with zero attached hydrogens (tertiary/aromatic N) is 1. The number of amides is 1. The quantitative estimate of drug-likeness (QED) is 0.732. The maximum Gasteiger partial charge on any atom is 0.234 e. The first-order valence-corrected chi connectivity index (χ1v) is 10.1. The highest BCUT2D eigenvalue weighted by Crippen LogP contribution is 2.38. The number of benzene rings is 1. The largest absolute Gasteiger partial charge is 0.388 e. The van der Waals surface area contributed by atoms with Crippen LogP contribution in [0.4, 0.5) is 0 Å². The summed E-state index contributed by atoms with van der Waals surface area (Å²) in [5.74, 6) is -0.0121. The first-order valence-electron chi connectivity index (χ1n) is 10.1. The van der Waals surface area contributed by atoms with Crippen LogP contribution in [0.2, 0.25) is 0 Å². The molecule has 4 rings (SSSR count). The van der Waals surface area contributed by atoms with E-state index in [0.717, 1.165) is 45.4 Å². The van der Waals surface area contributed by atoms with E-state index in [4.69, 9.17) is 4.74 Å². The second-order valence-corrected chi connectivity index (χ2v) is 8.51. The molecule has 3 aliphatic heterocycles. The predicted octanol–water partition coefficient (Wildman–Crippen LogP) is 0.823. The molecule has 1 aromatic carbocycles. The minimum absolute atomic E-state index is 0.0121. The van der Waals surface area contributed by atoms with Crippen molar-refractivity contribution in [1.29, 1.82) is 0 Å². The summed E-state index contributed by atoms with van der Waals surface area (Å²) >= 11 is 0. The zero-order valence-electron chi connectivity index (χ0n) is 16.2. The highest BCUT2D eigenvalue weighted by Gasteiger charge is 2.53. The molecule has 1 aromatic rings. The summed E-state index contributed by atoms with van der Waals surface area (Å²) in [6.07, 6.45) is 2.49. The van der Waals surface area contributed by atoms with Crippen molar-refractivity contribution < 1.29 is 14.6 Å². The van der Waals surface area contributed by atoms with Crippen molar-refractivity contribution in [1.82, 2.24) is 15.5 Å². The van der Waals surface area contributed by atoms with Gasteiger partial charge in [0.2, 0.25) is 5.91 Å². The molecule has 0 bridgehead atoms.